The van der Waals surface area contributed by atoms with E-state index < -0.39 is 20.0 Å². The first-order chi connectivity index (χ1) is 21.9. The molecule has 45 heavy (non-hydrogen) atoms. The third-order valence-corrected chi connectivity index (χ3v) is 9.35. The summed E-state index contributed by atoms with van der Waals surface area (Å²) in [5.41, 5.74) is 5.34. The molecular weight excluding hydrogens is 587 g/mol. The zero-order chi connectivity index (χ0) is 33.3. The van der Waals surface area contributed by atoms with Gasteiger partial charge in [0.2, 0.25) is 5.91 Å². The van der Waals surface area contributed by atoms with Crippen LogP contribution in [-0.4, -0.2) is 47.8 Å². The van der Waals surface area contributed by atoms with Crippen molar-refractivity contribution in [1.29, 1.82) is 0 Å². The number of phosphoric acid groups is 1. The van der Waals surface area contributed by atoms with Crippen LogP contribution in [0.25, 0.3) is 0 Å². The quantitative estimate of drug-likeness (QED) is 0.0302. The van der Waals surface area contributed by atoms with Crippen molar-refractivity contribution in [2.75, 3.05) is 19.8 Å². The van der Waals surface area contributed by atoms with E-state index >= 15 is 0 Å². The number of carbonyl (C=O) groups excluding carboxylic acids is 1. The van der Waals surface area contributed by atoms with Gasteiger partial charge in [-0.2, -0.15) is 0 Å². The third kappa shape index (κ3) is 31.6. The monoisotopic (exact) mass is 661 g/mol. The maximum absolute atomic E-state index is 12.7. The molecule has 0 rings (SSSR count). The zero-order valence-electron chi connectivity index (χ0n) is 29.4. The minimum absolute atomic E-state index is 0.0895. The second-order valence-electron chi connectivity index (χ2n) is 12.8. The highest BCUT2D eigenvalue weighted by Gasteiger charge is 2.27. The molecule has 3 atom stereocenters. The molecule has 0 radical (unpaired) electrons. The number of aliphatic hydroxyl groups excluding tert-OH is 1. The van der Waals surface area contributed by atoms with Crippen LogP contribution in [0, 0.1) is 0 Å². The van der Waals surface area contributed by atoms with E-state index in [-0.39, 0.29) is 25.7 Å². The number of rotatable bonds is 35. The Morgan fingerprint density at radius 2 is 1.16 bits per heavy atom. The predicted octanol–water partition coefficient (Wildman–Crippen LogP) is 9.66. The third-order valence-electron chi connectivity index (χ3n) is 8.37. The SMILES string of the molecule is CCCCCCCC/C=C\CCCCCCCCCCCC(=O)NC(COP(=O)(O)OCCN)C(O)CCCCCCCCC. The number of hydrogen-bond acceptors (Lipinski definition) is 6. The van der Waals surface area contributed by atoms with Crippen LogP contribution < -0.4 is 11.1 Å². The second kappa shape index (κ2) is 33.2. The van der Waals surface area contributed by atoms with Crippen molar-refractivity contribution < 1.29 is 28.4 Å². The molecule has 0 aromatic rings. The number of phosphoric ester groups is 1. The first-order valence-corrected chi connectivity index (χ1v) is 20.3. The highest BCUT2D eigenvalue weighted by molar-refractivity contribution is 7.47. The van der Waals surface area contributed by atoms with Crippen molar-refractivity contribution in [2.24, 2.45) is 5.73 Å². The van der Waals surface area contributed by atoms with Gasteiger partial charge in [0.05, 0.1) is 25.4 Å². The lowest BCUT2D eigenvalue weighted by atomic mass is 10.0. The molecule has 0 saturated carbocycles. The number of aliphatic hydroxyl groups is 1. The standard InChI is InChI=1S/C36H73N2O6P/c1-3-5-7-9-11-12-13-14-15-16-17-18-19-20-21-22-24-26-28-30-36(40)38-34(33-44-45(41,42)43-32-31-37)35(39)29-27-25-23-10-8-6-4-2/h14-15,34-35,39H,3-13,16-33,37H2,1-2H3,(H,38,40)(H,41,42)/b15-14-. The van der Waals surface area contributed by atoms with Crippen molar-refractivity contribution in [3.8, 4) is 0 Å². The molecule has 268 valence electrons. The molecule has 0 bridgehead atoms. The molecule has 0 heterocycles. The summed E-state index contributed by atoms with van der Waals surface area (Å²) in [4.78, 5) is 22.5. The van der Waals surface area contributed by atoms with Crippen LogP contribution in [0.5, 0.6) is 0 Å². The fraction of sp³-hybridized carbons (Fsp3) is 0.917. The average molecular weight is 661 g/mol. The van der Waals surface area contributed by atoms with Gasteiger partial charge < -0.3 is 21.1 Å². The number of nitrogens with two attached hydrogens (primary N) is 1. The largest absolute Gasteiger partial charge is 0.472 e. The summed E-state index contributed by atoms with van der Waals surface area (Å²) in [5.74, 6) is -0.168. The van der Waals surface area contributed by atoms with Crippen molar-refractivity contribution in [3.63, 3.8) is 0 Å². The molecule has 0 aromatic carbocycles. The number of unbranched alkanes of at least 4 members (excludes halogenated alkanes) is 21. The lowest BCUT2D eigenvalue weighted by Crippen LogP contribution is -2.46. The van der Waals surface area contributed by atoms with Gasteiger partial charge in [-0.15, -0.1) is 0 Å². The summed E-state index contributed by atoms with van der Waals surface area (Å²) in [5, 5.41) is 13.6. The number of amides is 1. The first-order valence-electron chi connectivity index (χ1n) is 18.8. The van der Waals surface area contributed by atoms with Crippen molar-refractivity contribution >= 4 is 13.7 Å². The second-order valence-corrected chi connectivity index (χ2v) is 14.2. The zero-order valence-corrected chi connectivity index (χ0v) is 30.3. The van der Waals surface area contributed by atoms with E-state index in [4.69, 9.17) is 14.8 Å². The van der Waals surface area contributed by atoms with E-state index in [0.29, 0.717) is 12.8 Å². The van der Waals surface area contributed by atoms with Gasteiger partial charge in [-0.3, -0.25) is 13.8 Å². The molecule has 8 nitrogen and oxygen atoms in total. The lowest BCUT2D eigenvalue weighted by Gasteiger charge is -2.25. The number of nitrogens with one attached hydrogen (secondary N) is 1. The summed E-state index contributed by atoms with van der Waals surface area (Å²) < 4.78 is 22.0. The van der Waals surface area contributed by atoms with Gasteiger partial charge in [0.1, 0.15) is 0 Å². The summed E-state index contributed by atoms with van der Waals surface area (Å²) in [7, 11) is -4.30. The molecule has 1 amide bonds. The van der Waals surface area contributed by atoms with Gasteiger partial charge in [0, 0.05) is 13.0 Å². The first kappa shape index (κ1) is 44.2. The Hall–Kier alpha value is -0.760. The smallest absolute Gasteiger partial charge is 0.391 e. The van der Waals surface area contributed by atoms with Crippen LogP contribution in [0.4, 0.5) is 0 Å². The molecule has 0 fully saturated rings. The van der Waals surface area contributed by atoms with Crippen LogP contribution in [0.2, 0.25) is 0 Å². The van der Waals surface area contributed by atoms with E-state index in [1.165, 1.54) is 116 Å². The van der Waals surface area contributed by atoms with Crippen LogP contribution in [0.3, 0.4) is 0 Å². The number of hydrogen-bond donors (Lipinski definition) is 4. The van der Waals surface area contributed by atoms with Gasteiger partial charge in [0.15, 0.2) is 0 Å². The van der Waals surface area contributed by atoms with Gasteiger partial charge >= 0.3 is 7.82 Å². The number of allylic oxidation sites excluding steroid dienone is 2. The molecular formula is C36H73N2O6P. The van der Waals surface area contributed by atoms with Gasteiger partial charge in [-0.25, -0.2) is 4.57 Å². The van der Waals surface area contributed by atoms with Gasteiger partial charge in [0.25, 0.3) is 0 Å². The molecule has 0 aliphatic carbocycles. The van der Waals surface area contributed by atoms with Gasteiger partial charge in [-0.05, 0) is 38.5 Å². The molecule has 0 aliphatic rings. The normalized spacial score (nSPS) is 14.5. The predicted molar refractivity (Wildman–Crippen MR) is 189 cm³/mol. The van der Waals surface area contributed by atoms with E-state index in [2.05, 4.69) is 31.3 Å². The van der Waals surface area contributed by atoms with E-state index in [1.807, 2.05) is 0 Å². The minimum Gasteiger partial charge on any atom is -0.391 e. The topological polar surface area (TPSA) is 131 Å². The highest BCUT2D eigenvalue weighted by atomic mass is 31.2. The Morgan fingerprint density at radius 1 is 0.711 bits per heavy atom. The van der Waals surface area contributed by atoms with Gasteiger partial charge in [-0.1, -0.05) is 148 Å². The Morgan fingerprint density at radius 3 is 1.64 bits per heavy atom. The molecule has 3 unspecified atom stereocenters. The Balaban J connectivity index is 4.07. The molecule has 0 saturated heterocycles. The molecule has 0 aromatic heterocycles. The van der Waals surface area contributed by atoms with Crippen LogP contribution in [0.1, 0.15) is 181 Å². The van der Waals surface area contributed by atoms with Crippen LogP contribution >= 0.6 is 7.82 Å². The Labute approximate surface area is 277 Å². The minimum atomic E-state index is -4.30. The summed E-state index contributed by atoms with van der Waals surface area (Å²) in [6.45, 7) is 4.15. The van der Waals surface area contributed by atoms with Crippen molar-refractivity contribution in [2.45, 2.75) is 193 Å². The van der Waals surface area contributed by atoms with Crippen LogP contribution in [0.15, 0.2) is 12.2 Å². The van der Waals surface area contributed by atoms with Crippen molar-refractivity contribution in [3.05, 3.63) is 12.2 Å². The molecule has 0 aliphatic heterocycles. The lowest BCUT2D eigenvalue weighted by molar-refractivity contribution is -0.123. The fourth-order valence-electron chi connectivity index (χ4n) is 5.48. The summed E-state index contributed by atoms with van der Waals surface area (Å²) in [6.07, 6.45) is 33.8. The Bertz CT molecular complexity index is 724. The summed E-state index contributed by atoms with van der Waals surface area (Å²) >= 11 is 0. The average Bonchev–Trinajstić information content (AvgIpc) is 3.02. The molecule has 9 heteroatoms. The Kier molecular flexibility index (Phi) is 32.6. The highest BCUT2D eigenvalue weighted by Crippen LogP contribution is 2.43. The van der Waals surface area contributed by atoms with Crippen LogP contribution in [-0.2, 0) is 18.4 Å². The molecule has 0 spiro atoms. The van der Waals surface area contributed by atoms with E-state index in [1.54, 1.807) is 0 Å². The van der Waals surface area contributed by atoms with Crippen molar-refractivity contribution in [1.82, 2.24) is 5.32 Å². The number of carbonyl (C=O) groups is 1. The fourth-order valence-corrected chi connectivity index (χ4v) is 6.24. The summed E-state index contributed by atoms with van der Waals surface area (Å²) in [6, 6.07) is -0.768. The van der Waals surface area contributed by atoms with E-state index in [0.717, 1.165) is 38.5 Å². The maximum atomic E-state index is 12.7. The molecule has 5 N–H and O–H groups in total. The maximum Gasteiger partial charge on any atom is 0.472 e. The van der Waals surface area contributed by atoms with E-state index in [9.17, 15) is 19.4 Å².